The second-order valence-corrected chi connectivity index (χ2v) is 8.98. The van der Waals surface area contributed by atoms with Crippen LogP contribution in [0.15, 0.2) is 28.8 Å². The van der Waals surface area contributed by atoms with E-state index in [1.54, 1.807) is 44.2 Å². The number of nitrogens with zero attached hydrogens (tertiary/aromatic N) is 3. The van der Waals surface area contributed by atoms with E-state index in [0.29, 0.717) is 42.3 Å². The Bertz CT molecular complexity index is 1070. The quantitative estimate of drug-likeness (QED) is 0.707. The number of anilines is 1. The first kappa shape index (κ1) is 26.2. The molecule has 0 aliphatic carbocycles. The van der Waals surface area contributed by atoms with Crippen molar-refractivity contribution in [3.8, 4) is 5.75 Å². The SMILES string of the molecule is CCC(=O)N1C[C@@H](C)[C@H](OC)CN(C)C(=O)c2cc(NC(=O)c3cc(C)on3)ccc2OC[C@@H]1C. The minimum Gasteiger partial charge on any atom is -0.491 e. The molecule has 1 aromatic carbocycles. The fourth-order valence-corrected chi connectivity index (χ4v) is 4.07. The first-order valence-corrected chi connectivity index (χ1v) is 11.7. The molecule has 2 aromatic rings. The molecule has 0 spiro atoms. The highest BCUT2D eigenvalue weighted by molar-refractivity contribution is 6.04. The van der Waals surface area contributed by atoms with Gasteiger partial charge in [-0.1, -0.05) is 19.0 Å². The molecule has 1 aliphatic rings. The molecule has 1 aromatic heterocycles. The molecule has 0 bridgehead atoms. The third kappa shape index (κ3) is 6.19. The van der Waals surface area contributed by atoms with Crippen LogP contribution in [0.2, 0.25) is 0 Å². The smallest absolute Gasteiger partial charge is 0.277 e. The van der Waals surface area contributed by atoms with Crippen LogP contribution >= 0.6 is 0 Å². The maximum atomic E-state index is 13.4. The molecule has 2 heterocycles. The molecule has 0 saturated heterocycles. The summed E-state index contributed by atoms with van der Waals surface area (Å²) in [6.45, 7) is 8.50. The summed E-state index contributed by atoms with van der Waals surface area (Å²) in [6, 6.07) is 6.20. The van der Waals surface area contributed by atoms with Crippen molar-refractivity contribution in [2.24, 2.45) is 5.92 Å². The fourth-order valence-electron chi connectivity index (χ4n) is 4.07. The molecule has 0 radical (unpaired) electrons. The summed E-state index contributed by atoms with van der Waals surface area (Å²) in [5, 5.41) is 6.47. The number of methoxy groups -OCH3 is 1. The van der Waals surface area contributed by atoms with Gasteiger partial charge in [-0.15, -0.1) is 0 Å². The van der Waals surface area contributed by atoms with Gasteiger partial charge < -0.3 is 29.1 Å². The van der Waals surface area contributed by atoms with Gasteiger partial charge in [-0.25, -0.2) is 0 Å². The molecule has 0 unspecified atom stereocenters. The van der Waals surface area contributed by atoms with Gasteiger partial charge in [0.2, 0.25) is 5.91 Å². The predicted octanol–water partition coefficient (Wildman–Crippen LogP) is 2.98. The van der Waals surface area contributed by atoms with E-state index >= 15 is 0 Å². The highest BCUT2D eigenvalue weighted by Gasteiger charge is 2.30. The number of ether oxygens (including phenoxy) is 2. The fraction of sp³-hybridized carbons (Fsp3) is 0.520. The van der Waals surface area contributed by atoms with Crippen molar-refractivity contribution >= 4 is 23.4 Å². The summed E-state index contributed by atoms with van der Waals surface area (Å²) in [5.74, 6) is 0.193. The number of hydrogen-bond donors (Lipinski definition) is 1. The van der Waals surface area contributed by atoms with Crippen molar-refractivity contribution in [3.63, 3.8) is 0 Å². The lowest BCUT2D eigenvalue weighted by atomic mass is 10.0. The molecule has 1 N–H and O–H groups in total. The average Bonchev–Trinajstić information content (AvgIpc) is 3.29. The van der Waals surface area contributed by atoms with Crippen molar-refractivity contribution in [2.75, 3.05) is 39.2 Å². The minimum atomic E-state index is -0.452. The minimum absolute atomic E-state index is 0.0105. The van der Waals surface area contributed by atoms with Crippen molar-refractivity contribution < 1.29 is 28.4 Å². The number of amides is 3. The maximum Gasteiger partial charge on any atom is 0.277 e. The number of aromatic nitrogens is 1. The number of fused-ring (bicyclic) bond motifs is 1. The molecular formula is C25H34N4O6. The largest absolute Gasteiger partial charge is 0.491 e. The van der Waals surface area contributed by atoms with Crippen LogP contribution in [0.5, 0.6) is 5.75 Å². The van der Waals surface area contributed by atoms with Crippen molar-refractivity contribution in [2.45, 2.75) is 46.3 Å². The summed E-state index contributed by atoms with van der Waals surface area (Å²) >= 11 is 0. The molecule has 3 rings (SSSR count). The van der Waals surface area contributed by atoms with Crippen molar-refractivity contribution in [1.82, 2.24) is 15.0 Å². The molecule has 1 aliphatic heterocycles. The maximum absolute atomic E-state index is 13.4. The number of hydrogen-bond acceptors (Lipinski definition) is 7. The van der Waals surface area contributed by atoms with Crippen molar-refractivity contribution in [1.29, 1.82) is 0 Å². The lowest BCUT2D eigenvalue weighted by Crippen LogP contribution is -2.48. The molecule has 0 saturated carbocycles. The number of carbonyl (C=O) groups is 3. The number of nitrogens with one attached hydrogen (secondary N) is 1. The van der Waals surface area contributed by atoms with Gasteiger partial charge in [-0.3, -0.25) is 14.4 Å². The molecule has 10 heteroatoms. The average molecular weight is 487 g/mol. The monoisotopic (exact) mass is 486 g/mol. The van der Waals surface area contributed by atoms with E-state index in [2.05, 4.69) is 10.5 Å². The number of rotatable bonds is 4. The Hall–Kier alpha value is -3.40. The topological polar surface area (TPSA) is 114 Å². The molecule has 0 fully saturated rings. The van der Waals surface area contributed by atoms with Crippen LogP contribution in [0.3, 0.4) is 0 Å². The van der Waals surface area contributed by atoms with Crippen LogP contribution < -0.4 is 10.1 Å². The van der Waals surface area contributed by atoms with Gasteiger partial charge in [-0.05, 0) is 32.0 Å². The number of aryl methyl sites for hydroxylation is 1. The molecule has 35 heavy (non-hydrogen) atoms. The first-order valence-electron chi connectivity index (χ1n) is 11.7. The highest BCUT2D eigenvalue weighted by Crippen LogP contribution is 2.27. The standard InChI is InChI=1S/C25H34N4O6/c1-7-23(30)29-12-15(2)22(33-6)13-28(5)25(32)19-11-18(8-9-21(19)34-14-16(29)3)26-24(31)20-10-17(4)35-27-20/h8-11,15-16,22H,7,12-14H2,1-6H3,(H,26,31)/t15-,16+,22-/m1/s1. The summed E-state index contributed by atoms with van der Waals surface area (Å²) in [4.78, 5) is 42.0. The van der Waals surface area contributed by atoms with Crippen LogP contribution in [-0.2, 0) is 9.53 Å². The van der Waals surface area contributed by atoms with Gasteiger partial charge in [-0.2, -0.15) is 0 Å². The molecule has 3 atom stereocenters. The zero-order valence-corrected chi connectivity index (χ0v) is 21.2. The van der Waals surface area contributed by atoms with Crippen LogP contribution in [0.1, 0.15) is 53.8 Å². The third-order valence-electron chi connectivity index (χ3n) is 6.19. The zero-order valence-electron chi connectivity index (χ0n) is 21.2. The summed E-state index contributed by atoms with van der Waals surface area (Å²) in [6.07, 6.45) is 0.114. The van der Waals surface area contributed by atoms with E-state index in [9.17, 15) is 14.4 Å². The summed E-state index contributed by atoms with van der Waals surface area (Å²) < 4.78 is 16.7. The third-order valence-corrected chi connectivity index (χ3v) is 6.19. The van der Waals surface area contributed by atoms with Crippen LogP contribution in [0.4, 0.5) is 5.69 Å². The van der Waals surface area contributed by atoms with E-state index in [1.165, 1.54) is 6.07 Å². The number of carbonyl (C=O) groups excluding carboxylic acids is 3. The summed E-state index contributed by atoms with van der Waals surface area (Å²) in [5.41, 5.74) is 0.853. The summed E-state index contributed by atoms with van der Waals surface area (Å²) in [7, 11) is 3.30. The Morgan fingerprint density at radius 1 is 1.23 bits per heavy atom. The van der Waals surface area contributed by atoms with Gasteiger partial charge in [0.15, 0.2) is 5.69 Å². The first-order chi connectivity index (χ1) is 16.6. The van der Waals surface area contributed by atoms with Crippen LogP contribution in [-0.4, -0.2) is 78.7 Å². The van der Waals surface area contributed by atoms with E-state index in [-0.39, 0.29) is 42.2 Å². The normalized spacial score (nSPS) is 21.4. The molecule has 10 nitrogen and oxygen atoms in total. The van der Waals surface area contributed by atoms with Gasteiger partial charge in [0, 0.05) is 51.3 Å². The van der Waals surface area contributed by atoms with Gasteiger partial charge in [0.25, 0.3) is 11.8 Å². The Labute approximate surface area is 205 Å². The zero-order chi connectivity index (χ0) is 25.7. The highest BCUT2D eigenvalue weighted by atomic mass is 16.5. The Morgan fingerprint density at radius 3 is 2.60 bits per heavy atom. The van der Waals surface area contributed by atoms with E-state index in [0.717, 1.165) is 0 Å². The second-order valence-electron chi connectivity index (χ2n) is 8.98. The van der Waals surface area contributed by atoms with Gasteiger partial charge in [0.05, 0.1) is 17.7 Å². The van der Waals surface area contributed by atoms with E-state index in [1.807, 2.05) is 25.7 Å². The Kier molecular flexibility index (Phi) is 8.50. The van der Waals surface area contributed by atoms with Gasteiger partial charge in [0.1, 0.15) is 18.1 Å². The molecular weight excluding hydrogens is 452 g/mol. The van der Waals surface area contributed by atoms with Gasteiger partial charge >= 0.3 is 0 Å². The van der Waals surface area contributed by atoms with E-state index in [4.69, 9.17) is 14.0 Å². The second kappa shape index (κ2) is 11.4. The Balaban J connectivity index is 1.94. The molecule has 3 amide bonds. The van der Waals surface area contributed by atoms with E-state index < -0.39 is 5.91 Å². The van der Waals surface area contributed by atoms with Crippen LogP contribution in [0.25, 0.3) is 0 Å². The number of likely N-dealkylation sites (N-methyl/N-ethyl adjacent to an activating group) is 1. The van der Waals surface area contributed by atoms with Crippen molar-refractivity contribution in [3.05, 3.63) is 41.3 Å². The molecule has 190 valence electrons. The Morgan fingerprint density at radius 2 is 1.97 bits per heavy atom. The van der Waals surface area contributed by atoms with Crippen LogP contribution in [0, 0.1) is 12.8 Å². The lowest BCUT2D eigenvalue weighted by molar-refractivity contribution is -0.135. The number of benzene rings is 1. The predicted molar refractivity (Wildman–Crippen MR) is 130 cm³/mol. The lowest BCUT2D eigenvalue weighted by Gasteiger charge is -2.36.